The maximum atomic E-state index is 5.42. The van der Waals surface area contributed by atoms with Crippen molar-refractivity contribution in [2.45, 2.75) is 52.5 Å². The van der Waals surface area contributed by atoms with Crippen molar-refractivity contribution in [2.75, 3.05) is 46.4 Å². The molecule has 154 valence electrons. The largest absolute Gasteiger partial charge is 0.469 e. The molecule has 1 atom stereocenters. The fourth-order valence-electron chi connectivity index (χ4n) is 3.44. The van der Waals surface area contributed by atoms with Gasteiger partial charge in [-0.15, -0.1) is 0 Å². The molecular formula is C21H38N4O2. The molecule has 1 aliphatic heterocycles. The smallest absolute Gasteiger partial charge is 0.191 e. The van der Waals surface area contributed by atoms with Gasteiger partial charge < -0.3 is 19.8 Å². The molecule has 1 fully saturated rings. The highest BCUT2D eigenvalue weighted by molar-refractivity contribution is 5.79. The fourth-order valence-corrected chi connectivity index (χ4v) is 3.44. The van der Waals surface area contributed by atoms with Crippen molar-refractivity contribution in [3.63, 3.8) is 0 Å². The fraction of sp³-hybridized carbons (Fsp3) is 0.762. The lowest BCUT2D eigenvalue weighted by Crippen LogP contribution is -2.45. The summed E-state index contributed by atoms with van der Waals surface area (Å²) in [6.07, 6.45) is 6.13. The van der Waals surface area contributed by atoms with Crippen LogP contribution in [-0.4, -0.2) is 63.3 Å². The van der Waals surface area contributed by atoms with Crippen molar-refractivity contribution >= 4 is 5.96 Å². The van der Waals surface area contributed by atoms with Crippen LogP contribution in [0, 0.1) is 5.41 Å². The van der Waals surface area contributed by atoms with Gasteiger partial charge in [-0.25, -0.2) is 0 Å². The summed E-state index contributed by atoms with van der Waals surface area (Å²) in [6.45, 7) is 12.4. The maximum absolute atomic E-state index is 5.42. The van der Waals surface area contributed by atoms with E-state index in [0.29, 0.717) is 6.04 Å². The lowest BCUT2D eigenvalue weighted by atomic mass is 9.90. The highest BCUT2D eigenvalue weighted by Gasteiger charge is 2.23. The maximum Gasteiger partial charge on any atom is 0.191 e. The Morgan fingerprint density at radius 3 is 2.96 bits per heavy atom. The number of hydrogen-bond acceptors (Lipinski definition) is 4. The number of likely N-dealkylation sites (N-methyl/N-ethyl adjacent to an activating group) is 1. The summed E-state index contributed by atoms with van der Waals surface area (Å²) in [5.41, 5.74) is 0.119. The molecule has 2 N–H and O–H groups in total. The number of ether oxygens (including phenoxy) is 1. The second-order valence-corrected chi connectivity index (χ2v) is 8.13. The van der Waals surface area contributed by atoms with E-state index in [2.05, 4.69) is 36.3 Å². The summed E-state index contributed by atoms with van der Waals surface area (Å²) in [5.74, 6) is 1.89. The summed E-state index contributed by atoms with van der Waals surface area (Å²) in [6, 6.07) is 4.55. The Kier molecular flexibility index (Phi) is 9.15. The molecular weight excluding hydrogens is 340 g/mol. The first-order valence-electron chi connectivity index (χ1n) is 10.3. The molecule has 1 saturated heterocycles. The van der Waals surface area contributed by atoms with Crippen LogP contribution >= 0.6 is 0 Å². The summed E-state index contributed by atoms with van der Waals surface area (Å²) in [5, 5.41) is 7.04. The van der Waals surface area contributed by atoms with Crippen LogP contribution in [0.1, 0.15) is 45.8 Å². The predicted octanol–water partition coefficient (Wildman–Crippen LogP) is 2.90. The molecule has 1 unspecified atom stereocenters. The molecule has 1 aromatic heterocycles. The lowest BCUT2D eigenvalue weighted by Gasteiger charge is -2.25. The summed E-state index contributed by atoms with van der Waals surface area (Å²) < 4.78 is 10.7. The monoisotopic (exact) mass is 378 g/mol. The molecule has 0 saturated carbocycles. The lowest BCUT2D eigenvalue weighted by molar-refractivity contribution is 0.155. The van der Waals surface area contributed by atoms with Gasteiger partial charge in [0.2, 0.25) is 0 Å². The van der Waals surface area contributed by atoms with Crippen molar-refractivity contribution in [3.05, 3.63) is 24.2 Å². The highest BCUT2D eigenvalue weighted by atomic mass is 16.5. The molecule has 0 aliphatic carbocycles. The van der Waals surface area contributed by atoms with Gasteiger partial charge in [-0.2, -0.15) is 0 Å². The van der Waals surface area contributed by atoms with Crippen LogP contribution in [0.25, 0.3) is 0 Å². The zero-order valence-electron chi connectivity index (χ0n) is 17.6. The number of nitrogens with one attached hydrogen (secondary N) is 2. The van der Waals surface area contributed by atoms with Gasteiger partial charge in [-0.05, 0) is 49.9 Å². The Morgan fingerprint density at radius 1 is 1.41 bits per heavy atom. The molecule has 0 amide bonds. The van der Waals surface area contributed by atoms with Crippen LogP contribution in [-0.2, 0) is 11.2 Å². The van der Waals surface area contributed by atoms with Crippen LogP contribution in [0.4, 0.5) is 0 Å². The minimum absolute atomic E-state index is 0.119. The number of guanidine groups is 1. The van der Waals surface area contributed by atoms with E-state index >= 15 is 0 Å². The number of aliphatic imine (C=N–C) groups is 1. The Bertz CT molecular complexity index is 542. The molecule has 0 radical (unpaired) electrons. The molecule has 1 aliphatic rings. The number of rotatable bonds is 11. The van der Waals surface area contributed by atoms with E-state index in [1.807, 2.05) is 12.1 Å². The van der Waals surface area contributed by atoms with E-state index in [4.69, 9.17) is 14.1 Å². The average molecular weight is 379 g/mol. The predicted molar refractivity (Wildman–Crippen MR) is 111 cm³/mol. The van der Waals surface area contributed by atoms with E-state index < -0.39 is 0 Å². The van der Waals surface area contributed by atoms with Gasteiger partial charge in [0.1, 0.15) is 5.76 Å². The van der Waals surface area contributed by atoms with Crippen molar-refractivity contribution in [1.82, 2.24) is 15.5 Å². The van der Waals surface area contributed by atoms with Crippen molar-refractivity contribution < 1.29 is 9.15 Å². The van der Waals surface area contributed by atoms with Gasteiger partial charge in [-0.1, -0.05) is 20.8 Å². The van der Waals surface area contributed by atoms with Crippen LogP contribution in [0.2, 0.25) is 0 Å². The van der Waals surface area contributed by atoms with Gasteiger partial charge in [0.05, 0.1) is 6.26 Å². The number of methoxy groups -OCH3 is 1. The Labute approximate surface area is 164 Å². The van der Waals surface area contributed by atoms with E-state index in [9.17, 15) is 0 Å². The second-order valence-electron chi connectivity index (χ2n) is 8.13. The summed E-state index contributed by atoms with van der Waals surface area (Å²) in [7, 11) is 1.75. The van der Waals surface area contributed by atoms with Crippen LogP contribution in [0.5, 0.6) is 0 Å². The number of furan rings is 1. The van der Waals surface area contributed by atoms with Gasteiger partial charge in [0.25, 0.3) is 0 Å². The quantitative estimate of drug-likeness (QED) is 0.458. The first-order valence-corrected chi connectivity index (χ1v) is 10.3. The Balaban J connectivity index is 1.88. The van der Waals surface area contributed by atoms with Crippen molar-refractivity contribution in [3.8, 4) is 0 Å². The van der Waals surface area contributed by atoms with E-state index in [1.54, 1.807) is 13.4 Å². The summed E-state index contributed by atoms with van der Waals surface area (Å²) in [4.78, 5) is 7.42. The minimum atomic E-state index is 0.119. The van der Waals surface area contributed by atoms with Crippen LogP contribution < -0.4 is 10.6 Å². The number of nitrogens with zero attached hydrogens (tertiary/aromatic N) is 2. The molecule has 0 aromatic carbocycles. The second kappa shape index (κ2) is 11.3. The Morgan fingerprint density at radius 2 is 2.26 bits per heavy atom. The third-order valence-corrected chi connectivity index (χ3v) is 5.30. The third-order valence-electron chi connectivity index (χ3n) is 5.30. The van der Waals surface area contributed by atoms with Crippen LogP contribution in [0.3, 0.4) is 0 Å². The molecule has 0 bridgehead atoms. The molecule has 27 heavy (non-hydrogen) atoms. The first kappa shape index (κ1) is 21.8. The van der Waals surface area contributed by atoms with Gasteiger partial charge in [0, 0.05) is 45.8 Å². The number of hydrogen-bond donors (Lipinski definition) is 2. The molecule has 2 rings (SSSR count). The first-order chi connectivity index (χ1) is 13.0. The molecule has 0 spiro atoms. The molecule has 1 aromatic rings. The standard InChI is InChI=1S/C21H38N4O2/c1-5-25-13-6-8-18(25)16-23-20(22-12-10-19-9-7-14-27-19)24-17-21(2,3)11-15-26-4/h7,9,14,18H,5-6,8,10-13,15-17H2,1-4H3,(H2,22,23,24). The van der Waals surface area contributed by atoms with E-state index in [0.717, 1.165) is 57.3 Å². The summed E-state index contributed by atoms with van der Waals surface area (Å²) >= 11 is 0. The van der Waals surface area contributed by atoms with E-state index in [-0.39, 0.29) is 5.41 Å². The molecule has 6 nitrogen and oxygen atoms in total. The van der Waals surface area contributed by atoms with Gasteiger partial charge in [0.15, 0.2) is 5.96 Å². The zero-order valence-corrected chi connectivity index (χ0v) is 17.6. The Hall–Kier alpha value is -1.53. The van der Waals surface area contributed by atoms with Gasteiger partial charge >= 0.3 is 0 Å². The zero-order chi connectivity index (χ0) is 19.5. The highest BCUT2D eigenvalue weighted by Crippen LogP contribution is 2.20. The SMILES string of the molecule is CCN1CCCC1CNC(=NCC(C)(C)CCOC)NCCc1ccco1. The van der Waals surface area contributed by atoms with E-state index in [1.165, 1.54) is 19.4 Å². The normalized spacial score (nSPS) is 18.8. The molecule has 6 heteroatoms. The van der Waals surface area contributed by atoms with Crippen molar-refractivity contribution in [2.24, 2.45) is 10.4 Å². The average Bonchev–Trinajstić information content (AvgIpc) is 3.33. The third kappa shape index (κ3) is 7.93. The minimum Gasteiger partial charge on any atom is -0.469 e. The van der Waals surface area contributed by atoms with Crippen LogP contribution in [0.15, 0.2) is 27.8 Å². The topological polar surface area (TPSA) is 62.0 Å². The molecule has 2 heterocycles. The van der Waals surface area contributed by atoms with Gasteiger partial charge in [-0.3, -0.25) is 9.89 Å². The number of likely N-dealkylation sites (tertiary alicyclic amines) is 1. The van der Waals surface area contributed by atoms with Crippen molar-refractivity contribution in [1.29, 1.82) is 0 Å².